The zero-order chi connectivity index (χ0) is 28.0. The Bertz CT molecular complexity index is 1270. The van der Waals surface area contributed by atoms with Gasteiger partial charge in [0.25, 0.3) is 0 Å². The zero-order valence-corrected chi connectivity index (χ0v) is 24.2. The quantitative estimate of drug-likeness (QED) is 0.390. The number of halogens is 2. The predicted octanol–water partition coefficient (Wildman–Crippen LogP) is 4.60. The Balaban J connectivity index is 1.79. The lowest BCUT2D eigenvalue weighted by molar-refractivity contribution is -0.141. The van der Waals surface area contributed by atoms with Crippen LogP contribution in [0.15, 0.2) is 36.4 Å². The number of nitrogens with zero attached hydrogens (tertiary/aromatic N) is 2. The molecule has 9 nitrogen and oxygen atoms in total. The highest BCUT2D eigenvalue weighted by atomic mass is 35.5. The van der Waals surface area contributed by atoms with E-state index in [9.17, 15) is 18.0 Å². The lowest BCUT2D eigenvalue weighted by Gasteiger charge is -2.32. The molecule has 1 aliphatic heterocycles. The number of carbonyl (C=O) groups excluding carboxylic acids is 2. The number of hydrogen-bond donors (Lipinski definition) is 1. The van der Waals surface area contributed by atoms with Gasteiger partial charge in [-0.25, -0.2) is 8.42 Å². The Morgan fingerprint density at radius 1 is 1.08 bits per heavy atom. The number of fused-ring (bicyclic) bond motifs is 1. The van der Waals surface area contributed by atoms with E-state index in [1.807, 2.05) is 20.8 Å². The smallest absolute Gasteiger partial charge is 0.243 e. The number of ether oxygens (including phenoxy) is 2. The van der Waals surface area contributed by atoms with Crippen LogP contribution in [-0.2, 0) is 26.2 Å². The predicted molar refractivity (Wildman–Crippen MR) is 148 cm³/mol. The van der Waals surface area contributed by atoms with Crippen LogP contribution in [0.1, 0.15) is 45.6 Å². The normalized spacial score (nSPS) is 13.3. The van der Waals surface area contributed by atoms with Crippen molar-refractivity contribution in [1.29, 1.82) is 0 Å². The summed E-state index contributed by atoms with van der Waals surface area (Å²) in [5.41, 5.74) is 1.06. The third kappa shape index (κ3) is 7.68. The summed E-state index contributed by atoms with van der Waals surface area (Å²) in [5, 5.41) is 3.73. The van der Waals surface area contributed by atoms with Gasteiger partial charge in [0.2, 0.25) is 28.6 Å². The number of carbonyl (C=O) groups is 2. The SMILES string of the molecule is CC[C@@H](C(=O)NC(C)C)N(Cc1ccc(Cl)cc1Cl)C(=O)CCCN(c1ccc2c(c1)OCO2)S(C)(=O)=O. The number of rotatable bonds is 12. The minimum absolute atomic E-state index is 0.0211. The molecule has 0 unspecified atom stereocenters. The van der Waals surface area contributed by atoms with Crippen LogP contribution in [0.25, 0.3) is 0 Å². The lowest BCUT2D eigenvalue weighted by atomic mass is 10.1. The number of anilines is 1. The van der Waals surface area contributed by atoms with E-state index >= 15 is 0 Å². The Labute approximate surface area is 234 Å². The van der Waals surface area contributed by atoms with E-state index in [1.165, 1.54) is 9.21 Å². The maximum Gasteiger partial charge on any atom is 0.243 e. The third-order valence-electron chi connectivity index (χ3n) is 5.97. The van der Waals surface area contributed by atoms with Crippen molar-refractivity contribution in [3.63, 3.8) is 0 Å². The van der Waals surface area contributed by atoms with Gasteiger partial charge in [-0.2, -0.15) is 0 Å². The molecule has 0 saturated heterocycles. The molecule has 38 heavy (non-hydrogen) atoms. The van der Waals surface area contributed by atoms with Crippen molar-refractivity contribution in [2.75, 3.05) is 23.9 Å². The van der Waals surface area contributed by atoms with E-state index in [4.69, 9.17) is 32.7 Å². The van der Waals surface area contributed by atoms with Crippen LogP contribution in [0.4, 0.5) is 5.69 Å². The Kier molecular flexibility index (Phi) is 10.1. The standard InChI is InChI=1S/C26H33Cl2N3O6S/c1-5-22(26(33)29-17(2)3)30(15-18-8-9-19(27)13-21(18)28)25(32)7-6-12-31(38(4,34)35)20-10-11-23-24(14-20)37-16-36-23/h8-11,13-14,17,22H,5-7,12,15-16H2,1-4H3,(H,29,33)/t22-/m0/s1. The summed E-state index contributed by atoms with van der Waals surface area (Å²) >= 11 is 12.4. The van der Waals surface area contributed by atoms with Gasteiger partial charge in [-0.1, -0.05) is 36.2 Å². The Morgan fingerprint density at radius 3 is 2.42 bits per heavy atom. The number of nitrogens with one attached hydrogen (secondary N) is 1. The summed E-state index contributed by atoms with van der Waals surface area (Å²) in [6, 6.07) is 9.05. The topological polar surface area (TPSA) is 105 Å². The van der Waals surface area contributed by atoms with Crippen molar-refractivity contribution in [2.24, 2.45) is 0 Å². The van der Waals surface area contributed by atoms with Gasteiger partial charge in [-0.05, 0) is 56.5 Å². The largest absolute Gasteiger partial charge is 0.454 e. The number of benzene rings is 2. The molecule has 0 bridgehead atoms. The maximum atomic E-state index is 13.5. The Morgan fingerprint density at radius 2 is 1.79 bits per heavy atom. The Hall–Kier alpha value is -2.69. The molecule has 1 N–H and O–H groups in total. The van der Waals surface area contributed by atoms with Crippen molar-refractivity contribution in [2.45, 2.75) is 58.7 Å². The molecule has 12 heteroatoms. The van der Waals surface area contributed by atoms with Crippen molar-refractivity contribution in [3.05, 3.63) is 52.0 Å². The fraction of sp³-hybridized carbons (Fsp3) is 0.462. The minimum Gasteiger partial charge on any atom is -0.454 e. The summed E-state index contributed by atoms with van der Waals surface area (Å²) in [4.78, 5) is 28.0. The lowest BCUT2D eigenvalue weighted by Crippen LogP contribution is -2.50. The van der Waals surface area contributed by atoms with Crippen molar-refractivity contribution >= 4 is 50.7 Å². The van der Waals surface area contributed by atoms with Gasteiger partial charge in [-0.3, -0.25) is 13.9 Å². The molecule has 1 atom stereocenters. The fourth-order valence-corrected chi connectivity index (χ4v) is 5.60. The van der Waals surface area contributed by atoms with Gasteiger partial charge in [0.15, 0.2) is 11.5 Å². The zero-order valence-electron chi connectivity index (χ0n) is 21.9. The monoisotopic (exact) mass is 585 g/mol. The molecular weight excluding hydrogens is 553 g/mol. The van der Waals surface area contributed by atoms with Crippen molar-refractivity contribution in [3.8, 4) is 11.5 Å². The molecule has 0 radical (unpaired) electrons. The summed E-state index contributed by atoms with van der Waals surface area (Å²) < 4.78 is 37.1. The van der Waals surface area contributed by atoms with Crippen LogP contribution in [-0.4, -0.2) is 56.8 Å². The maximum absolute atomic E-state index is 13.5. The van der Waals surface area contributed by atoms with Gasteiger partial charge >= 0.3 is 0 Å². The molecule has 2 amide bonds. The molecule has 0 saturated carbocycles. The molecule has 0 aliphatic carbocycles. The van der Waals surface area contributed by atoms with Gasteiger partial charge in [-0.15, -0.1) is 0 Å². The van der Waals surface area contributed by atoms with Crippen molar-refractivity contribution in [1.82, 2.24) is 10.2 Å². The van der Waals surface area contributed by atoms with E-state index in [-0.39, 0.29) is 50.6 Å². The van der Waals surface area contributed by atoms with Crippen LogP contribution >= 0.6 is 23.2 Å². The van der Waals surface area contributed by atoms with Crippen LogP contribution in [0.3, 0.4) is 0 Å². The molecule has 1 heterocycles. The number of amides is 2. The highest BCUT2D eigenvalue weighted by Crippen LogP contribution is 2.36. The average molecular weight is 587 g/mol. The molecule has 1 aliphatic rings. The molecule has 2 aromatic carbocycles. The first-order valence-electron chi connectivity index (χ1n) is 12.3. The first-order valence-corrected chi connectivity index (χ1v) is 14.9. The summed E-state index contributed by atoms with van der Waals surface area (Å²) in [7, 11) is -3.64. The first-order chi connectivity index (χ1) is 17.9. The molecular formula is C26H33Cl2N3O6S. The van der Waals surface area contributed by atoms with Crippen LogP contribution < -0.4 is 19.1 Å². The van der Waals surface area contributed by atoms with Crippen molar-refractivity contribution < 1.29 is 27.5 Å². The highest BCUT2D eigenvalue weighted by molar-refractivity contribution is 7.92. The second kappa shape index (κ2) is 12.9. The molecule has 0 fully saturated rings. The van der Waals surface area contributed by atoms with E-state index in [0.717, 1.165) is 6.26 Å². The van der Waals surface area contributed by atoms with Gasteiger partial charge in [0, 0.05) is 41.7 Å². The number of hydrogen-bond acceptors (Lipinski definition) is 6. The second-order valence-corrected chi connectivity index (χ2v) is 12.1. The van der Waals surface area contributed by atoms with Gasteiger partial charge in [0.1, 0.15) is 6.04 Å². The summed E-state index contributed by atoms with van der Waals surface area (Å²) in [6.45, 7) is 5.78. The summed E-state index contributed by atoms with van der Waals surface area (Å²) in [5.74, 6) is 0.444. The molecule has 208 valence electrons. The minimum atomic E-state index is -3.64. The molecule has 0 spiro atoms. The summed E-state index contributed by atoms with van der Waals surface area (Å²) in [6.07, 6.45) is 1.75. The third-order valence-corrected chi connectivity index (χ3v) is 7.75. The van der Waals surface area contributed by atoms with E-state index < -0.39 is 16.1 Å². The molecule has 3 rings (SSSR count). The van der Waals surface area contributed by atoms with Crippen LogP contribution in [0.5, 0.6) is 11.5 Å². The molecule has 0 aromatic heterocycles. The first kappa shape index (κ1) is 29.9. The highest BCUT2D eigenvalue weighted by Gasteiger charge is 2.30. The molecule has 2 aromatic rings. The second-order valence-electron chi connectivity index (χ2n) is 9.32. The van der Waals surface area contributed by atoms with E-state index in [0.29, 0.717) is 39.2 Å². The number of sulfonamides is 1. The van der Waals surface area contributed by atoms with Crippen LogP contribution in [0, 0.1) is 0 Å². The average Bonchev–Trinajstić information content (AvgIpc) is 3.29. The fourth-order valence-electron chi connectivity index (χ4n) is 4.18. The van der Waals surface area contributed by atoms with E-state index in [1.54, 1.807) is 36.4 Å². The van der Waals surface area contributed by atoms with Gasteiger partial charge < -0.3 is 19.7 Å². The van der Waals surface area contributed by atoms with Gasteiger partial charge in [0.05, 0.1) is 11.9 Å². The van der Waals surface area contributed by atoms with E-state index in [2.05, 4.69) is 5.32 Å². The van der Waals surface area contributed by atoms with Crippen LogP contribution in [0.2, 0.25) is 10.0 Å².